The smallest absolute Gasteiger partial charge is 0.313 e. The highest BCUT2D eigenvalue weighted by Crippen LogP contribution is 2.62. The number of nitrogens with one attached hydrogen (secondary N) is 2. The molecule has 2 atom stereocenters. The molecule has 0 aromatic heterocycles. The molecule has 0 radical (unpaired) electrons. The van der Waals surface area contributed by atoms with Crippen molar-refractivity contribution in [2.75, 3.05) is 19.6 Å². The molecule has 2 unspecified atom stereocenters. The molecule has 1 aliphatic rings. The summed E-state index contributed by atoms with van der Waals surface area (Å²) in [4.78, 5) is 24.2. The molecule has 0 aromatic rings. The standard InChI is InChI=1S/C27H52N2O4/c1-10-23(3,4)20-27(14-13-24(27,5)6)22(32)33-25(7,8)15-19-29-26(9,11-2)16-18-28-17-12-21(30)31/h28-29H,10-20H2,1-9H3,(H,30,31). The van der Waals surface area contributed by atoms with Gasteiger partial charge in [0.05, 0.1) is 11.8 Å². The van der Waals surface area contributed by atoms with Gasteiger partial charge >= 0.3 is 11.9 Å². The molecule has 0 bridgehead atoms. The molecule has 0 spiro atoms. The van der Waals surface area contributed by atoms with E-state index in [1.807, 2.05) is 13.8 Å². The first-order chi connectivity index (χ1) is 15.0. The summed E-state index contributed by atoms with van der Waals surface area (Å²) >= 11 is 0. The molecule has 0 amide bonds. The lowest BCUT2D eigenvalue weighted by molar-refractivity contribution is -0.197. The van der Waals surface area contributed by atoms with Gasteiger partial charge in [-0.15, -0.1) is 0 Å². The second kappa shape index (κ2) is 11.5. The summed E-state index contributed by atoms with van der Waals surface area (Å²) in [5, 5.41) is 15.6. The van der Waals surface area contributed by atoms with Crippen LogP contribution in [0.5, 0.6) is 0 Å². The molecule has 1 fully saturated rings. The number of hydrogen-bond donors (Lipinski definition) is 3. The van der Waals surface area contributed by atoms with Crippen LogP contribution in [0.25, 0.3) is 0 Å². The first-order valence-electron chi connectivity index (χ1n) is 12.9. The average Bonchev–Trinajstić information content (AvgIpc) is 2.70. The Kier molecular flexibility index (Phi) is 10.4. The summed E-state index contributed by atoms with van der Waals surface area (Å²) in [6.07, 6.45) is 6.67. The number of rotatable bonds is 16. The maximum Gasteiger partial charge on any atom is 0.313 e. The highest BCUT2D eigenvalue weighted by Gasteiger charge is 2.61. The number of esters is 1. The molecule has 0 heterocycles. The van der Waals surface area contributed by atoms with Crippen LogP contribution in [0.2, 0.25) is 0 Å². The van der Waals surface area contributed by atoms with Crippen LogP contribution in [0.4, 0.5) is 0 Å². The van der Waals surface area contributed by atoms with Crippen LogP contribution in [-0.4, -0.2) is 47.8 Å². The molecule has 1 aliphatic carbocycles. The highest BCUT2D eigenvalue weighted by molar-refractivity contribution is 5.79. The van der Waals surface area contributed by atoms with Gasteiger partial charge in [0.15, 0.2) is 0 Å². The molecular formula is C27H52N2O4. The summed E-state index contributed by atoms with van der Waals surface area (Å²) in [6.45, 7) is 21.6. The summed E-state index contributed by atoms with van der Waals surface area (Å²) < 4.78 is 6.21. The Morgan fingerprint density at radius 3 is 2.03 bits per heavy atom. The third kappa shape index (κ3) is 8.54. The number of hydrogen-bond acceptors (Lipinski definition) is 5. The van der Waals surface area contributed by atoms with E-state index < -0.39 is 17.0 Å². The van der Waals surface area contributed by atoms with Gasteiger partial charge in [0, 0.05) is 12.1 Å². The van der Waals surface area contributed by atoms with E-state index in [1.54, 1.807) is 0 Å². The van der Waals surface area contributed by atoms with Gasteiger partial charge in [0.2, 0.25) is 0 Å². The predicted molar refractivity (Wildman–Crippen MR) is 135 cm³/mol. The second-order valence-electron chi connectivity index (χ2n) is 12.5. The zero-order valence-electron chi connectivity index (χ0n) is 23.0. The van der Waals surface area contributed by atoms with Crippen LogP contribution >= 0.6 is 0 Å². The molecule has 0 saturated heterocycles. The van der Waals surface area contributed by atoms with Crippen LogP contribution in [0, 0.1) is 16.2 Å². The maximum absolute atomic E-state index is 13.5. The van der Waals surface area contributed by atoms with Gasteiger partial charge < -0.3 is 20.5 Å². The van der Waals surface area contributed by atoms with Crippen LogP contribution in [0.3, 0.4) is 0 Å². The van der Waals surface area contributed by atoms with E-state index in [0.29, 0.717) is 6.54 Å². The molecule has 6 heteroatoms. The van der Waals surface area contributed by atoms with E-state index in [9.17, 15) is 9.59 Å². The Labute approximate surface area is 203 Å². The van der Waals surface area contributed by atoms with Crippen molar-refractivity contribution in [1.82, 2.24) is 10.6 Å². The quantitative estimate of drug-likeness (QED) is 0.203. The van der Waals surface area contributed by atoms with Crippen molar-refractivity contribution in [3.05, 3.63) is 0 Å². The lowest BCUT2D eigenvalue weighted by atomic mass is 9.47. The zero-order chi connectivity index (χ0) is 25.6. The third-order valence-corrected chi connectivity index (χ3v) is 8.40. The second-order valence-corrected chi connectivity index (χ2v) is 12.5. The number of carbonyl (C=O) groups excluding carboxylic acids is 1. The monoisotopic (exact) mass is 468 g/mol. The normalized spacial score (nSPS) is 22.3. The summed E-state index contributed by atoms with van der Waals surface area (Å²) in [7, 11) is 0. The van der Waals surface area contributed by atoms with Gasteiger partial charge in [0.1, 0.15) is 5.60 Å². The Hall–Kier alpha value is -1.14. The SMILES string of the molecule is CCC(C)(C)CC1(C(=O)OC(C)(C)CCNC(C)(CC)CCNCCC(=O)O)CCC1(C)C. The molecule has 33 heavy (non-hydrogen) atoms. The summed E-state index contributed by atoms with van der Waals surface area (Å²) in [5.41, 5.74) is -0.883. The van der Waals surface area contributed by atoms with Crippen LogP contribution in [0.1, 0.15) is 114 Å². The number of ether oxygens (including phenoxy) is 1. The minimum Gasteiger partial charge on any atom is -0.481 e. The van der Waals surface area contributed by atoms with E-state index in [1.165, 1.54) is 0 Å². The van der Waals surface area contributed by atoms with E-state index in [0.717, 1.165) is 58.0 Å². The van der Waals surface area contributed by atoms with Crippen LogP contribution in [0.15, 0.2) is 0 Å². The number of carboxylic acids is 1. The van der Waals surface area contributed by atoms with E-state index in [4.69, 9.17) is 9.84 Å². The number of carboxylic acid groups (broad SMARTS) is 1. The molecule has 3 N–H and O–H groups in total. The van der Waals surface area contributed by atoms with Crippen molar-refractivity contribution in [3.8, 4) is 0 Å². The number of aliphatic carboxylic acids is 1. The highest BCUT2D eigenvalue weighted by atomic mass is 16.6. The van der Waals surface area contributed by atoms with E-state index in [-0.39, 0.29) is 28.8 Å². The molecule has 1 saturated carbocycles. The lowest BCUT2D eigenvalue weighted by Gasteiger charge is -2.57. The van der Waals surface area contributed by atoms with Crippen molar-refractivity contribution in [2.24, 2.45) is 16.2 Å². The van der Waals surface area contributed by atoms with Crippen molar-refractivity contribution in [1.29, 1.82) is 0 Å². The lowest BCUT2D eigenvalue weighted by Crippen LogP contribution is -2.57. The largest absolute Gasteiger partial charge is 0.481 e. The van der Waals surface area contributed by atoms with E-state index >= 15 is 0 Å². The van der Waals surface area contributed by atoms with Gasteiger partial charge in [-0.2, -0.15) is 0 Å². The summed E-state index contributed by atoms with van der Waals surface area (Å²) in [6, 6.07) is 0. The Balaban J connectivity index is 2.64. The fourth-order valence-electron chi connectivity index (χ4n) is 4.79. The molecule has 0 aromatic carbocycles. The minimum absolute atomic E-state index is 0.0221. The van der Waals surface area contributed by atoms with Gasteiger partial charge in [-0.05, 0) is 83.2 Å². The predicted octanol–water partition coefficient (Wildman–Crippen LogP) is 5.54. The van der Waals surface area contributed by atoms with Crippen molar-refractivity contribution < 1.29 is 19.4 Å². The molecular weight excluding hydrogens is 416 g/mol. The molecule has 194 valence electrons. The fraction of sp³-hybridized carbons (Fsp3) is 0.926. The zero-order valence-corrected chi connectivity index (χ0v) is 23.0. The topological polar surface area (TPSA) is 87.7 Å². The van der Waals surface area contributed by atoms with Gasteiger partial charge in [-0.1, -0.05) is 48.0 Å². The Morgan fingerprint density at radius 1 is 0.939 bits per heavy atom. The Morgan fingerprint density at radius 2 is 1.58 bits per heavy atom. The molecule has 6 nitrogen and oxygen atoms in total. The van der Waals surface area contributed by atoms with Gasteiger partial charge in [-0.25, -0.2) is 0 Å². The van der Waals surface area contributed by atoms with Crippen molar-refractivity contribution in [3.63, 3.8) is 0 Å². The number of carbonyl (C=O) groups is 2. The van der Waals surface area contributed by atoms with Crippen LogP contribution in [-0.2, 0) is 14.3 Å². The minimum atomic E-state index is -0.777. The maximum atomic E-state index is 13.5. The van der Waals surface area contributed by atoms with Crippen LogP contribution < -0.4 is 10.6 Å². The van der Waals surface area contributed by atoms with Crippen molar-refractivity contribution >= 4 is 11.9 Å². The third-order valence-electron chi connectivity index (χ3n) is 8.40. The average molecular weight is 469 g/mol. The first-order valence-corrected chi connectivity index (χ1v) is 12.9. The van der Waals surface area contributed by atoms with Crippen molar-refractivity contribution in [2.45, 2.75) is 125 Å². The summed E-state index contributed by atoms with van der Waals surface area (Å²) in [5.74, 6) is -0.799. The fourth-order valence-corrected chi connectivity index (χ4v) is 4.79. The van der Waals surface area contributed by atoms with Gasteiger partial charge in [-0.3, -0.25) is 9.59 Å². The first kappa shape index (κ1) is 29.9. The molecule has 0 aliphatic heterocycles. The van der Waals surface area contributed by atoms with E-state index in [2.05, 4.69) is 59.1 Å². The Bertz CT molecular complexity index is 659. The van der Waals surface area contributed by atoms with Gasteiger partial charge in [0.25, 0.3) is 0 Å². The molecule has 1 rings (SSSR count).